The molecular formula is C21H22N4O3. The first-order valence-corrected chi connectivity index (χ1v) is 9.00. The first kappa shape index (κ1) is 19.3. The molecule has 2 aromatic carbocycles. The van der Waals surface area contributed by atoms with E-state index >= 15 is 0 Å². The van der Waals surface area contributed by atoms with Crippen molar-refractivity contribution in [2.45, 2.75) is 32.2 Å². The van der Waals surface area contributed by atoms with E-state index in [2.05, 4.69) is 15.7 Å². The van der Waals surface area contributed by atoms with Crippen LogP contribution in [0.15, 0.2) is 59.7 Å². The second-order valence-corrected chi connectivity index (χ2v) is 6.91. The Bertz CT molecular complexity index is 909. The van der Waals surface area contributed by atoms with Crippen molar-refractivity contribution >= 4 is 29.7 Å². The zero-order valence-electron chi connectivity index (χ0n) is 15.8. The van der Waals surface area contributed by atoms with Crippen LogP contribution in [0.5, 0.6) is 0 Å². The number of imide groups is 1. The van der Waals surface area contributed by atoms with E-state index in [1.54, 1.807) is 31.2 Å². The molecule has 1 saturated heterocycles. The summed E-state index contributed by atoms with van der Waals surface area (Å²) in [4.78, 5) is 36.0. The third kappa shape index (κ3) is 4.43. The van der Waals surface area contributed by atoms with Gasteiger partial charge in [0.15, 0.2) is 0 Å². The van der Waals surface area contributed by atoms with Gasteiger partial charge in [-0.05, 0) is 43.0 Å². The minimum Gasteiger partial charge on any atom is -0.326 e. The number of hydrogen-bond donors (Lipinski definition) is 2. The number of hydrogen-bond acceptors (Lipinski definition) is 4. The first-order valence-electron chi connectivity index (χ1n) is 9.00. The van der Waals surface area contributed by atoms with E-state index < -0.39 is 11.6 Å². The SMILES string of the molecule is CC(=O)Nc1ccc(/C=N\N2C(=O)N[C@](C)(CCc3ccccc3)C2=O)cc1. The Balaban J connectivity index is 1.65. The van der Waals surface area contributed by atoms with Gasteiger partial charge in [0.1, 0.15) is 5.54 Å². The minimum atomic E-state index is -0.987. The van der Waals surface area contributed by atoms with Crippen LogP contribution in [0.25, 0.3) is 0 Å². The Morgan fingerprint density at radius 3 is 2.46 bits per heavy atom. The largest absolute Gasteiger partial charge is 0.346 e. The number of nitrogens with zero attached hydrogens (tertiary/aromatic N) is 2. The van der Waals surface area contributed by atoms with Crippen molar-refractivity contribution < 1.29 is 14.4 Å². The number of carbonyl (C=O) groups is 3. The van der Waals surface area contributed by atoms with Gasteiger partial charge < -0.3 is 10.6 Å². The van der Waals surface area contributed by atoms with Gasteiger partial charge in [0, 0.05) is 12.6 Å². The van der Waals surface area contributed by atoms with Gasteiger partial charge >= 0.3 is 6.03 Å². The van der Waals surface area contributed by atoms with Crippen molar-refractivity contribution in [3.63, 3.8) is 0 Å². The van der Waals surface area contributed by atoms with E-state index in [0.717, 1.165) is 10.6 Å². The summed E-state index contributed by atoms with van der Waals surface area (Å²) in [6.45, 7) is 3.15. The third-order valence-corrected chi connectivity index (χ3v) is 4.55. The fourth-order valence-electron chi connectivity index (χ4n) is 2.96. The molecule has 7 heteroatoms. The number of benzene rings is 2. The highest BCUT2D eigenvalue weighted by atomic mass is 16.2. The lowest BCUT2D eigenvalue weighted by Gasteiger charge is -2.20. The maximum absolute atomic E-state index is 12.7. The van der Waals surface area contributed by atoms with Crippen molar-refractivity contribution in [1.82, 2.24) is 10.3 Å². The summed E-state index contributed by atoms with van der Waals surface area (Å²) in [5.41, 5.74) is 1.48. The molecule has 144 valence electrons. The molecule has 1 fully saturated rings. The van der Waals surface area contributed by atoms with Crippen LogP contribution in [0.2, 0.25) is 0 Å². The number of hydrazone groups is 1. The summed E-state index contributed by atoms with van der Waals surface area (Å²) in [5, 5.41) is 10.3. The minimum absolute atomic E-state index is 0.157. The second kappa shape index (κ2) is 8.04. The average molecular weight is 378 g/mol. The lowest BCUT2D eigenvalue weighted by Crippen LogP contribution is -2.44. The molecule has 4 amide bonds. The highest BCUT2D eigenvalue weighted by Crippen LogP contribution is 2.23. The quantitative estimate of drug-likeness (QED) is 0.598. The van der Waals surface area contributed by atoms with Gasteiger partial charge in [-0.3, -0.25) is 9.59 Å². The molecule has 2 N–H and O–H groups in total. The molecular weight excluding hydrogens is 356 g/mol. The lowest BCUT2D eigenvalue weighted by atomic mass is 9.93. The van der Waals surface area contributed by atoms with E-state index in [9.17, 15) is 14.4 Å². The van der Waals surface area contributed by atoms with E-state index in [0.29, 0.717) is 24.1 Å². The standard InChI is InChI=1S/C21H22N4O3/c1-15(26)23-18-10-8-17(9-11-18)14-22-25-19(27)21(2,24-20(25)28)13-12-16-6-4-3-5-7-16/h3-11,14H,12-13H2,1-2H3,(H,23,26)(H,24,28)/b22-14-/t21-/m1/s1. The van der Waals surface area contributed by atoms with Gasteiger partial charge in [-0.2, -0.15) is 5.10 Å². The van der Waals surface area contributed by atoms with Crippen LogP contribution in [0.4, 0.5) is 10.5 Å². The fraction of sp³-hybridized carbons (Fsp3) is 0.238. The van der Waals surface area contributed by atoms with Crippen LogP contribution in [0.3, 0.4) is 0 Å². The van der Waals surface area contributed by atoms with E-state index in [1.807, 2.05) is 30.3 Å². The van der Waals surface area contributed by atoms with Crippen LogP contribution in [-0.4, -0.2) is 34.6 Å². The van der Waals surface area contributed by atoms with Gasteiger partial charge in [0.05, 0.1) is 6.21 Å². The number of aryl methyl sites for hydroxylation is 1. The Morgan fingerprint density at radius 2 is 1.82 bits per heavy atom. The molecule has 1 aliphatic rings. The number of urea groups is 1. The normalized spacial score (nSPS) is 19.1. The topological polar surface area (TPSA) is 90.9 Å². The molecule has 28 heavy (non-hydrogen) atoms. The van der Waals surface area contributed by atoms with E-state index in [-0.39, 0.29) is 11.8 Å². The molecule has 3 rings (SSSR count). The highest BCUT2D eigenvalue weighted by molar-refractivity contribution is 6.07. The van der Waals surface area contributed by atoms with Gasteiger partial charge in [-0.25, -0.2) is 4.79 Å². The molecule has 0 unspecified atom stereocenters. The van der Waals surface area contributed by atoms with Crippen LogP contribution < -0.4 is 10.6 Å². The molecule has 0 saturated carbocycles. The molecule has 1 aliphatic heterocycles. The number of anilines is 1. The lowest BCUT2D eigenvalue weighted by molar-refractivity contribution is -0.131. The predicted octanol–water partition coefficient (Wildman–Crippen LogP) is 2.92. The fourth-order valence-corrected chi connectivity index (χ4v) is 2.96. The predicted molar refractivity (Wildman–Crippen MR) is 107 cm³/mol. The zero-order chi connectivity index (χ0) is 20.1. The second-order valence-electron chi connectivity index (χ2n) is 6.91. The molecule has 0 bridgehead atoms. The molecule has 1 heterocycles. The average Bonchev–Trinajstić information content (AvgIpc) is 2.89. The van der Waals surface area contributed by atoms with Crippen LogP contribution in [0.1, 0.15) is 31.4 Å². The maximum Gasteiger partial charge on any atom is 0.346 e. The van der Waals surface area contributed by atoms with Crippen molar-refractivity contribution in [2.75, 3.05) is 5.32 Å². The van der Waals surface area contributed by atoms with Crippen LogP contribution in [0, 0.1) is 0 Å². The van der Waals surface area contributed by atoms with E-state index in [4.69, 9.17) is 0 Å². The van der Waals surface area contributed by atoms with Crippen LogP contribution >= 0.6 is 0 Å². The Labute approximate surface area is 163 Å². The molecule has 0 aliphatic carbocycles. The monoisotopic (exact) mass is 378 g/mol. The number of amides is 4. The van der Waals surface area contributed by atoms with Crippen LogP contribution in [-0.2, 0) is 16.0 Å². The van der Waals surface area contributed by atoms with Crippen molar-refractivity contribution in [1.29, 1.82) is 0 Å². The maximum atomic E-state index is 12.7. The summed E-state index contributed by atoms with van der Waals surface area (Å²) >= 11 is 0. The van der Waals surface area contributed by atoms with Gasteiger partial charge in [-0.15, -0.1) is 5.01 Å². The van der Waals surface area contributed by atoms with Crippen molar-refractivity contribution in [2.24, 2.45) is 5.10 Å². The molecule has 1 atom stereocenters. The van der Waals surface area contributed by atoms with Crippen molar-refractivity contribution in [3.05, 3.63) is 65.7 Å². The van der Waals surface area contributed by atoms with Gasteiger partial charge in [0.25, 0.3) is 5.91 Å². The molecule has 7 nitrogen and oxygen atoms in total. The summed E-state index contributed by atoms with van der Waals surface area (Å²) in [5.74, 6) is -0.532. The zero-order valence-corrected chi connectivity index (χ0v) is 15.8. The van der Waals surface area contributed by atoms with E-state index in [1.165, 1.54) is 13.1 Å². The summed E-state index contributed by atoms with van der Waals surface area (Å²) in [7, 11) is 0. The molecule has 0 spiro atoms. The molecule has 0 radical (unpaired) electrons. The number of carbonyl (C=O) groups excluding carboxylic acids is 3. The molecule has 2 aromatic rings. The summed E-state index contributed by atoms with van der Waals surface area (Å²) in [6.07, 6.45) is 2.60. The Kier molecular flexibility index (Phi) is 5.54. The Morgan fingerprint density at radius 1 is 1.14 bits per heavy atom. The Hall–Kier alpha value is -3.48. The third-order valence-electron chi connectivity index (χ3n) is 4.55. The first-order chi connectivity index (χ1) is 13.4. The number of nitrogens with one attached hydrogen (secondary N) is 2. The smallest absolute Gasteiger partial charge is 0.326 e. The van der Waals surface area contributed by atoms with Gasteiger partial charge in [0.2, 0.25) is 5.91 Å². The number of rotatable bonds is 6. The molecule has 0 aromatic heterocycles. The summed E-state index contributed by atoms with van der Waals surface area (Å²) in [6, 6.07) is 16.2. The van der Waals surface area contributed by atoms with Crippen molar-refractivity contribution in [3.8, 4) is 0 Å². The summed E-state index contributed by atoms with van der Waals surface area (Å²) < 4.78 is 0. The highest BCUT2D eigenvalue weighted by Gasteiger charge is 2.47. The van der Waals surface area contributed by atoms with Gasteiger partial charge in [-0.1, -0.05) is 42.5 Å².